The quantitative estimate of drug-likeness (QED) is 0.700. The summed E-state index contributed by atoms with van der Waals surface area (Å²) in [4.78, 5) is 2.19. The summed E-state index contributed by atoms with van der Waals surface area (Å²) >= 11 is 5.37. The maximum absolute atomic E-state index is 9.29. The number of aromatic nitrogens is 3. The van der Waals surface area contributed by atoms with Crippen molar-refractivity contribution in [1.82, 2.24) is 19.2 Å². The Morgan fingerprint density at radius 1 is 1.17 bits per heavy atom. The van der Waals surface area contributed by atoms with E-state index in [-0.39, 0.29) is 6.61 Å². The van der Waals surface area contributed by atoms with Gasteiger partial charge in [0.1, 0.15) is 6.61 Å². The Morgan fingerprint density at radius 3 is 2.67 bits per heavy atom. The molecule has 126 valence electrons. The number of aliphatic hydroxyl groups excluding tert-OH is 1. The van der Waals surface area contributed by atoms with Gasteiger partial charge in [-0.2, -0.15) is 5.10 Å². The van der Waals surface area contributed by atoms with Crippen molar-refractivity contribution in [2.24, 2.45) is 7.05 Å². The predicted molar refractivity (Wildman–Crippen MR) is 98.2 cm³/mol. The number of fused-ring (bicyclic) bond motifs is 1. The molecular formula is C18H22N4OS. The van der Waals surface area contributed by atoms with E-state index in [2.05, 4.69) is 59.5 Å². The maximum atomic E-state index is 9.29. The molecule has 0 fully saturated rings. The Hall–Kier alpha value is -2.02. The molecule has 0 aliphatic heterocycles. The Kier molecular flexibility index (Phi) is 5.08. The molecule has 5 nitrogen and oxygen atoms in total. The van der Waals surface area contributed by atoms with Crippen molar-refractivity contribution in [2.75, 3.05) is 13.6 Å². The molecule has 1 aromatic heterocycles. The van der Waals surface area contributed by atoms with Gasteiger partial charge in [-0.25, -0.2) is 4.68 Å². The number of nitrogens with zero attached hydrogens (tertiary/aromatic N) is 4. The van der Waals surface area contributed by atoms with Gasteiger partial charge in [-0.05, 0) is 42.0 Å². The van der Waals surface area contributed by atoms with E-state index in [0.29, 0.717) is 17.3 Å². The fourth-order valence-electron chi connectivity index (χ4n) is 2.88. The highest BCUT2D eigenvalue weighted by atomic mass is 32.1. The van der Waals surface area contributed by atoms with E-state index < -0.39 is 0 Å². The molecule has 1 N–H and O–H groups in total. The zero-order chi connectivity index (χ0) is 17.1. The van der Waals surface area contributed by atoms with Gasteiger partial charge >= 0.3 is 0 Å². The number of hydrogen-bond acceptors (Lipinski definition) is 4. The second-order valence-electron chi connectivity index (χ2n) is 6.02. The minimum atomic E-state index is -0.104. The lowest BCUT2D eigenvalue weighted by Crippen LogP contribution is -2.25. The smallest absolute Gasteiger partial charge is 0.198 e. The van der Waals surface area contributed by atoms with Gasteiger partial charge in [-0.3, -0.25) is 4.90 Å². The Labute approximate surface area is 146 Å². The third-order valence-corrected chi connectivity index (χ3v) is 4.78. The molecule has 0 aliphatic rings. The van der Waals surface area contributed by atoms with Crippen LogP contribution in [0.15, 0.2) is 42.5 Å². The lowest BCUT2D eigenvalue weighted by molar-refractivity contribution is 0.246. The van der Waals surface area contributed by atoms with Crippen LogP contribution < -0.4 is 0 Å². The fraction of sp³-hybridized carbons (Fsp3) is 0.333. The van der Waals surface area contributed by atoms with Crippen LogP contribution in [0.1, 0.15) is 11.4 Å². The average molecular weight is 342 g/mol. The first-order valence-corrected chi connectivity index (χ1v) is 8.39. The van der Waals surface area contributed by atoms with Gasteiger partial charge in [0.15, 0.2) is 10.6 Å². The number of likely N-dealkylation sites (N-methyl/N-ethyl adjacent to an activating group) is 1. The highest BCUT2D eigenvalue weighted by Gasteiger charge is 2.09. The molecule has 0 spiro atoms. The molecule has 6 heteroatoms. The number of aliphatic hydroxyl groups is 1. The SMILES string of the molecule is CN(CCc1cccc2ccccc12)Cn1nc(CO)n(C)c1=S. The molecule has 24 heavy (non-hydrogen) atoms. The van der Waals surface area contributed by atoms with Crippen LogP contribution >= 0.6 is 12.2 Å². The zero-order valence-electron chi connectivity index (χ0n) is 14.0. The van der Waals surface area contributed by atoms with Crippen LogP contribution in [0.2, 0.25) is 0 Å². The predicted octanol–water partition coefficient (Wildman–Crippen LogP) is 2.73. The first-order valence-electron chi connectivity index (χ1n) is 7.99. The van der Waals surface area contributed by atoms with Crippen LogP contribution in [-0.2, 0) is 26.7 Å². The Bertz CT molecular complexity index is 894. The van der Waals surface area contributed by atoms with E-state index in [4.69, 9.17) is 12.2 Å². The van der Waals surface area contributed by atoms with E-state index in [1.807, 2.05) is 7.05 Å². The average Bonchev–Trinajstić information content (AvgIpc) is 2.87. The van der Waals surface area contributed by atoms with Gasteiger partial charge in [0.25, 0.3) is 0 Å². The summed E-state index contributed by atoms with van der Waals surface area (Å²) in [6, 6.07) is 14.9. The summed E-state index contributed by atoms with van der Waals surface area (Å²) in [5, 5.41) is 16.2. The lowest BCUT2D eigenvalue weighted by Gasteiger charge is -2.17. The summed E-state index contributed by atoms with van der Waals surface area (Å²) in [6.07, 6.45) is 0.963. The minimum Gasteiger partial charge on any atom is -0.388 e. The molecule has 3 rings (SSSR count). The molecule has 2 aromatic carbocycles. The normalized spacial score (nSPS) is 11.5. The van der Waals surface area contributed by atoms with Crippen molar-refractivity contribution < 1.29 is 5.11 Å². The van der Waals surface area contributed by atoms with E-state index in [1.165, 1.54) is 16.3 Å². The molecule has 3 aromatic rings. The molecular weight excluding hydrogens is 320 g/mol. The summed E-state index contributed by atoms with van der Waals surface area (Å²) in [7, 11) is 3.88. The van der Waals surface area contributed by atoms with Crippen molar-refractivity contribution in [3.8, 4) is 0 Å². The molecule has 0 saturated heterocycles. The van der Waals surface area contributed by atoms with Crippen LogP contribution in [0.25, 0.3) is 10.8 Å². The largest absolute Gasteiger partial charge is 0.388 e. The number of rotatable bonds is 6. The third-order valence-electron chi connectivity index (χ3n) is 4.29. The van der Waals surface area contributed by atoms with Crippen molar-refractivity contribution in [1.29, 1.82) is 0 Å². The molecule has 0 atom stereocenters. The maximum Gasteiger partial charge on any atom is 0.198 e. The lowest BCUT2D eigenvalue weighted by atomic mass is 10.0. The zero-order valence-corrected chi connectivity index (χ0v) is 14.8. The van der Waals surface area contributed by atoms with Crippen LogP contribution in [0, 0.1) is 4.77 Å². The molecule has 0 saturated carbocycles. The summed E-state index contributed by atoms with van der Waals surface area (Å²) in [5.41, 5.74) is 1.35. The van der Waals surface area contributed by atoms with Gasteiger partial charge < -0.3 is 9.67 Å². The van der Waals surface area contributed by atoms with Crippen LogP contribution in [0.5, 0.6) is 0 Å². The number of benzene rings is 2. The summed E-state index contributed by atoms with van der Waals surface area (Å²) < 4.78 is 4.12. The Balaban J connectivity index is 1.69. The van der Waals surface area contributed by atoms with E-state index >= 15 is 0 Å². The van der Waals surface area contributed by atoms with Crippen molar-refractivity contribution in [2.45, 2.75) is 19.7 Å². The summed E-state index contributed by atoms with van der Waals surface area (Å²) in [6.45, 7) is 1.41. The molecule has 1 heterocycles. The van der Waals surface area contributed by atoms with Gasteiger partial charge in [-0.1, -0.05) is 42.5 Å². The topological polar surface area (TPSA) is 46.2 Å². The minimum absolute atomic E-state index is 0.104. The highest BCUT2D eigenvalue weighted by molar-refractivity contribution is 7.71. The Morgan fingerprint density at radius 2 is 1.92 bits per heavy atom. The third kappa shape index (κ3) is 3.40. The van der Waals surface area contributed by atoms with Crippen LogP contribution in [-0.4, -0.2) is 37.9 Å². The second-order valence-corrected chi connectivity index (χ2v) is 6.39. The van der Waals surface area contributed by atoms with Gasteiger partial charge in [0, 0.05) is 13.6 Å². The number of hydrogen-bond donors (Lipinski definition) is 1. The van der Waals surface area contributed by atoms with Crippen molar-refractivity contribution in [3.05, 3.63) is 58.6 Å². The molecule has 0 radical (unpaired) electrons. The van der Waals surface area contributed by atoms with Crippen LogP contribution in [0.3, 0.4) is 0 Å². The standard InChI is InChI=1S/C18H22N4OS/c1-20(13-22-18(24)21(2)17(12-23)19-22)11-10-15-8-5-7-14-6-3-4-9-16(14)15/h3-9,23H,10-13H2,1-2H3. The van der Waals surface area contributed by atoms with Gasteiger partial charge in [0.2, 0.25) is 0 Å². The first-order chi connectivity index (χ1) is 11.6. The van der Waals surface area contributed by atoms with Crippen LogP contribution in [0.4, 0.5) is 0 Å². The van der Waals surface area contributed by atoms with Gasteiger partial charge in [-0.15, -0.1) is 0 Å². The first kappa shape index (κ1) is 16.8. The van der Waals surface area contributed by atoms with E-state index in [9.17, 15) is 5.11 Å². The van der Waals surface area contributed by atoms with Crippen molar-refractivity contribution in [3.63, 3.8) is 0 Å². The molecule has 0 unspecified atom stereocenters. The molecule has 0 bridgehead atoms. The van der Waals surface area contributed by atoms with Crippen molar-refractivity contribution >= 4 is 23.0 Å². The second kappa shape index (κ2) is 7.25. The van der Waals surface area contributed by atoms with E-state index in [0.717, 1.165) is 13.0 Å². The van der Waals surface area contributed by atoms with E-state index in [1.54, 1.807) is 9.25 Å². The molecule has 0 amide bonds. The fourth-order valence-corrected chi connectivity index (χ4v) is 3.09. The summed E-state index contributed by atoms with van der Waals surface area (Å²) in [5.74, 6) is 0.586. The monoisotopic (exact) mass is 342 g/mol. The highest BCUT2D eigenvalue weighted by Crippen LogP contribution is 2.19. The van der Waals surface area contributed by atoms with Gasteiger partial charge in [0.05, 0.1) is 6.67 Å². The molecule has 0 aliphatic carbocycles.